The second kappa shape index (κ2) is 5.69. The van der Waals surface area contributed by atoms with Crippen molar-refractivity contribution in [3.8, 4) is 0 Å². The molecule has 1 nitrogen and oxygen atoms in total. The van der Waals surface area contributed by atoms with Crippen LogP contribution < -0.4 is 0 Å². The molecule has 0 radical (unpaired) electrons. The third kappa shape index (κ3) is 2.83. The number of hydrogen-bond donors (Lipinski definition) is 1. The molecule has 1 aromatic carbocycles. The number of benzene rings is 1. The molecule has 0 spiro atoms. The molecule has 0 saturated heterocycles. The maximum atomic E-state index is 13.0. The van der Waals surface area contributed by atoms with Crippen LogP contribution in [0.5, 0.6) is 0 Å². The Balaban J connectivity index is 3.11. The second-order valence-electron chi connectivity index (χ2n) is 4.11. The van der Waals surface area contributed by atoms with Crippen LogP contribution in [-0.4, -0.2) is 17.5 Å². The van der Waals surface area contributed by atoms with E-state index in [1.54, 1.807) is 6.07 Å². The number of aliphatic hydroxyl groups is 1. The number of aliphatic hydroxyl groups excluding tert-OH is 1. The lowest BCUT2D eigenvalue weighted by Crippen LogP contribution is -2.34. The average Bonchev–Trinajstić information content (AvgIpc) is 2.36. The van der Waals surface area contributed by atoms with Crippen molar-refractivity contribution < 1.29 is 22.7 Å². The van der Waals surface area contributed by atoms with Crippen molar-refractivity contribution >= 4 is 0 Å². The van der Waals surface area contributed by atoms with Crippen LogP contribution in [0.25, 0.3) is 0 Å². The molecule has 0 aliphatic rings. The van der Waals surface area contributed by atoms with Gasteiger partial charge in [-0.15, -0.1) is 0 Å². The average molecular weight is 264 g/mol. The molecule has 0 heterocycles. The van der Waals surface area contributed by atoms with Crippen molar-refractivity contribution in [3.63, 3.8) is 0 Å². The molecule has 0 aromatic heterocycles. The monoisotopic (exact) mass is 264 g/mol. The van der Waals surface area contributed by atoms with Gasteiger partial charge in [-0.1, -0.05) is 32.0 Å². The number of aryl methyl sites for hydroxylation is 2. The van der Waals surface area contributed by atoms with E-state index in [0.717, 1.165) is 17.5 Å². The van der Waals surface area contributed by atoms with Gasteiger partial charge in [0, 0.05) is 0 Å². The van der Waals surface area contributed by atoms with E-state index in [4.69, 9.17) is 0 Å². The van der Waals surface area contributed by atoms with Gasteiger partial charge in [-0.05, 0) is 29.5 Å². The molecule has 1 unspecified atom stereocenters. The van der Waals surface area contributed by atoms with E-state index in [2.05, 4.69) is 0 Å². The summed E-state index contributed by atoms with van der Waals surface area (Å²) >= 11 is 0. The van der Waals surface area contributed by atoms with Crippen molar-refractivity contribution in [3.05, 3.63) is 34.9 Å². The molecular formula is C13H16F4O. The van der Waals surface area contributed by atoms with Crippen molar-refractivity contribution in [1.82, 2.24) is 0 Å². The molecular weight excluding hydrogens is 248 g/mol. The van der Waals surface area contributed by atoms with Gasteiger partial charge in [-0.25, -0.2) is 8.78 Å². The topological polar surface area (TPSA) is 20.2 Å². The summed E-state index contributed by atoms with van der Waals surface area (Å²) in [6, 6.07) is 4.25. The largest absolute Gasteiger partial charge is 0.382 e. The lowest BCUT2D eigenvalue weighted by atomic mass is 9.95. The van der Waals surface area contributed by atoms with Crippen LogP contribution in [0.15, 0.2) is 18.2 Å². The minimum atomic E-state index is -4.43. The molecule has 18 heavy (non-hydrogen) atoms. The quantitative estimate of drug-likeness (QED) is 0.803. The van der Waals surface area contributed by atoms with E-state index in [1.807, 2.05) is 13.8 Å². The number of alkyl halides is 4. The fourth-order valence-electron chi connectivity index (χ4n) is 1.83. The highest BCUT2D eigenvalue weighted by Crippen LogP contribution is 2.37. The summed E-state index contributed by atoms with van der Waals surface area (Å²) in [5.74, 6) is -4.43. The Morgan fingerprint density at radius 3 is 2.11 bits per heavy atom. The molecule has 0 fully saturated rings. The summed E-state index contributed by atoms with van der Waals surface area (Å²) in [6.07, 6.45) is -5.04. The van der Waals surface area contributed by atoms with Crippen LogP contribution in [0.4, 0.5) is 17.6 Å². The summed E-state index contributed by atoms with van der Waals surface area (Å²) in [5.41, 5.74) is 1.59. The molecule has 0 saturated carbocycles. The first-order chi connectivity index (χ1) is 8.34. The fourth-order valence-corrected chi connectivity index (χ4v) is 1.83. The minimum Gasteiger partial charge on any atom is -0.382 e. The number of halogens is 4. The zero-order valence-corrected chi connectivity index (χ0v) is 10.3. The predicted octanol–water partition coefficient (Wildman–Crippen LogP) is 3.75. The van der Waals surface area contributed by atoms with Crippen molar-refractivity contribution in [2.45, 2.75) is 45.1 Å². The van der Waals surface area contributed by atoms with Gasteiger partial charge in [0.25, 0.3) is 0 Å². The number of hydrogen-bond acceptors (Lipinski definition) is 1. The van der Waals surface area contributed by atoms with Gasteiger partial charge in [0.15, 0.2) is 0 Å². The van der Waals surface area contributed by atoms with Crippen LogP contribution in [0.3, 0.4) is 0 Å². The Bertz CT molecular complexity index is 404. The molecule has 102 valence electrons. The Morgan fingerprint density at radius 2 is 1.67 bits per heavy atom. The summed E-state index contributed by atoms with van der Waals surface area (Å²) in [7, 11) is 0. The van der Waals surface area contributed by atoms with Gasteiger partial charge in [-0.2, -0.15) is 8.78 Å². The van der Waals surface area contributed by atoms with E-state index < -0.39 is 18.5 Å². The maximum absolute atomic E-state index is 13.0. The first-order valence-electron chi connectivity index (χ1n) is 5.80. The lowest BCUT2D eigenvalue weighted by Gasteiger charge is -2.22. The Kier molecular flexibility index (Phi) is 4.73. The molecule has 0 amide bonds. The van der Waals surface area contributed by atoms with Crippen LogP contribution in [0.1, 0.15) is 36.6 Å². The van der Waals surface area contributed by atoms with Gasteiger partial charge in [0.2, 0.25) is 0 Å². The van der Waals surface area contributed by atoms with E-state index in [0.29, 0.717) is 6.42 Å². The molecule has 1 rings (SSSR count). The molecule has 1 N–H and O–H groups in total. The predicted molar refractivity (Wildman–Crippen MR) is 61.1 cm³/mol. The van der Waals surface area contributed by atoms with Crippen LogP contribution in [0, 0.1) is 0 Å². The summed E-state index contributed by atoms with van der Waals surface area (Å²) < 4.78 is 50.4. The SMILES string of the molecule is CCc1ccc(C(O)C(F)(F)C(F)F)cc1CC. The minimum absolute atomic E-state index is 0.172. The zero-order chi connectivity index (χ0) is 13.9. The van der Waals surface area contributed by atoms with Gasteiger partial charge in [0.1, 0.15) is 6.10 Å². The van der Waals surface area contributed by atoms with E-state index in [9.17, 15) is 22.7 Å². The van der Waals surface area contributed by atoms with Crippen molar-refractivity contribution in [1.29, 1.82) is 0 Å². The second-order valence-corrected chi connectivity index (χ2v) is 4.11. The van der Waals surface area contributed by atoms with E-state index >= 15 is 0 Å². The van der Waals surface area contributed by atoms with Gasteiger partial charge in [0.05, 0.1) is 0 Å². The first-order valence-corrected chi connectivity index (χ1v) is 5.80. The molecule has 5 heteroatoms. The van der Waals surface area contributed by atoms with Crippen LogP contribution in [0.2, 0.25) is 0 Å². The first kappa shape index (κ1) is 15.0. The summed E-state index contributed by atoms with van der Waals surface area (Å²) in [6.45, 7) is 3.76. The Morgan fingerprint density at radius 1 is 1.11 bits per heavy atom. The Labute approximate surface area is 103 Å². The van der Waals surface area contributed by atoms with Gasteiger partial charge in [-0.3, -0.25) is 0 Å². The normalized spacial score (nSPS) is 14.0. The maximum Gasteiger partial charge on any atom is 0.336 e. The number of rotatable bonds is 5. The summed E-state index contributed by atoms with van der Waals surface area (Å²) in [5, 5.41) is 9.37. The standard InChI is InChI=1S/C13H16F4O/c1-3-8-5-6-10(7-9(8)4-2)11(18)13(16,17)12(14)15/h5-7,11-12,18H,3-4H2,1-2H3. The Hall–Kier alpha value is -1.10. The molecule has 1 aromatic rings. The third-order valence-corrected chi connectivity index (χ3v) is 2.96. The van der Waals surface area contributed by atoms with Crippen molar-refractivity contribution in [2.24, 2.45) is 0 Å². The van der Waals surface area contributed by atoms with Crippen LogP contribution >= 0.6 is 0 Å². The molecule has 0 aliphatic heterocycles. The molecule has 1 atom stereocenters. The van der Waals surface area contributed by atoms with Crippen molar-refractivity contribution in [2.75, 3.05) is 0 Å². The fraction of sp³-hybridized carbons (Fsp3) is 0.538. The summed E-state index contributed by atoms with van der Waals surface area (Å²) in [4.78, 5) is 0. The molecule has 0 aliphatic carbocycles. The highest BCUT2D eigenvalue weighted by atomic mass is 19.3. The highest BCUT2D eigenvalue weighted by molar-refractivity contribution is 5.34. The lowest BCUT2D eigenvalue weighted by molar-refractivity contribution is -0.193. The van der Waals surface area contributed by atoms with E-state index in [1.165, 1.54) is 12.1 Å². The van der Waals surface area contributed by atoms with Crippen LogP contribution in [-0.2, 0) is 12.8 Å². The van der Waals surface area contributed by atoms with Gasteiger partial charge < -0.3 is 5.11 Å². The van der Waals surface area contributed by atoms with Gasteiger partial charge >= 0.3 is 12.3 Å². The van der Waals surface area contributed by atoms with E-state index in [-0.39, 0.29) is 5.56 Å². The smallest absolute Gasteiger partial charge is 0.336 e. The zero-order valence-electron chi connectivity index (χ0n) is 10.3. The molecule has 0 bridgehead atoms. The third-order valence-electron chi connectivity index (χ3n) is 2.96. The highest BCUT2D eigenvalue weighted by Gasteiger charge is 2.48.